The zero-order valence-electron chi connectivity index (χ0n) is 10.7. The number of fused-ring (bicyclic) bond motifs is 1. The largest absolute Gasteiger partial charge is 0.395 e. The lowest BCUT2D eigenvalue weighted by molar-refractivity contribution is 0.311. The van der Waals surface area contributed by atoms with Gasteiger partial charge in [-0.05, 0) is 42.5 Å². The van der Waals surface area contributed by atoms with Crippen molar-refractivity contribution < 1.29 is 5.11 Å². The van der Waals surface area contributed by atoms with Crippen molar-refractivity contribution in [1.29, 1.82) is 0 Å². The molecule has 20 heavy (non-hydrogen) atoms. The van der Waals surface area contributed by atoms with Gasteiger partial charge in [0.05, 0.1) is 17.6 Å². The molecule has 0 fully saturated rings. The summed E-state index contributed by atoms with van der Waals surface area (Å²) in [5, 5.41) is 12.6. The van der Waals surface area contributed by atoms with Crippen molar-refractivity contribution in [3.8, 4) is 11.4 Å². The van der Waals surface area contributed by atoms with Gasteiger partial charge in [-0.3, -0.25) is 0 Å². The minimum Gasteiger partial charge on any atom is -0.395 e. The maximum Gasteiger partial charge on any atom is 0.138 e. The van der Waals surface area contributed by atoms with Crippen LogP contribution in [0, 0.1) is 0 Å². The first-order valence-electron chi connectivity index (χ1n) is 6.37. The normalized spacial score (nSPS) is 10.9. The van der Waals surface area contributed by atoms with Crippen LogP contribution in [0.4, 0.5) is 5.69 Å². The molecule has 1 aromatic heterocycles. The Morgan fingerprint density at radius 1 is 1.15 bits per heavy atom. The molecule has 3 N–H and O–H groups in total. The Morgan fingerprint density at radius 2 is 1.95 bits per heavy atom. The van der Waals surface area contributed by atoms with Gasteiger partial charge in [-0.15, -0.1) is 0 Å². The smallest absolute Gasteiger partial charge is 0.138 e. The van der Waals surface area contributed by atoms with E-state index >= 15 is 0 Å². The van der Waals surface area contributed by atoms with E-state index in [4.69, 9.17) is 16.7 Å². The molecule has 0 aliphatic carbocycles. The number of rotatable bonds is 4. The first-order chi connectivity index (χ1) is 9.76. The highest BCUT2D eigenvalue weighted by atomic mass is 35.5. The number of nitrogens with one attached hydrogen (secondary N) is 2. The summed E-state index contributed by atoms with van der Waals surface area (Å²) in [7, 11) is 0. The molecule has 0 atom stereocenters. The minimum atomic E-state index is 0.117. The zero-order valence-corrected chi connectivity index (χ0v) is 11.5. The van der Waals surface area contributed by atoms with Gasteiger partial charge in [-0.25, -0.2) is 4.98 Å². The Bertz CT molecular complexity index is 722. The molecule has 3 rings (SSSR count). The maximum absolute atomic E-state index is 8.77. The second-order valence-corrected chi connectivity index (χ2v) is 4.91. The Hall–Kier alpha value is -2.04. The van der Waals surface area contributed by atoms with Crippen molar-refractivity contribution in [2.75, 3.05) is 18.5 Å². The highest BCUT2D eigenvalue weighted by Gasteiger charge is 2.05. The van der Waals surface area contributed by atoms with E-state index in [2.05, 4.69) is 15.3 Å². The highest BCUT2D eigenvalue weighted by Crippen LogP contribution is 2.23. The third kappa shape index (κ3) is 2.61. The molecule has 0 bridgehead atoms. The maximum atomic E-state index is 8.77. The summed E-state index contributed by atoms with van der Waals surface area (Å²) in [5.41, 5.74) is 3.80. The van der Waals surface area contributed by atoms with E-state index < -0.39 is 0 Å². The van der Waals surface area contributed by atoms with Gasteiger partial charge in [-0.1, -0.05) is 11.6 Å². The predicted octanol–water partition coefficient (Wildman–Crippen LogP) is 3.29. The van der Waals surface area contributed by atoms with Crippen LogP contribution >= 0.6 is 11.6 Å². The van der Waals surface area contributed by atoms with E-state index in [1.165, 1.54) is 0 Å². The molecule has 102 valence electrons. The molecule has 0 amide bonds. The standard InChI is InChI=1S/C15H14ClN3O/c16-11-3-6-13-14(9-11)19-15(18-13)10-1-4-12(5-2-10)17-7-8-20/h1-6,9,17,20H,7-8H2,(H,18,19). The molecule has 1 heterocycles. The van der Waals surface area contributed by atoms with Crippen LogP contribution in [0.5, 0.6) is 0 Å². The number of nitrogens with zero attached hydrogens (tertiary/aromatic N) is 1. The van der Waals surface area contributed by atoms with Crippen LogP contribution in [0.3, 0.4) is 0 Å². The SMILES string of the molecule is OCCNc1ccc(-c2nc3ccc(Cl)cc3[nH]2)cc1. The number of halogens is 1. The number of H-pyrrole nitrogens is 1. The second kappa shape index (κ2) is 5.53. The summed E-state index contributed by atoms with van der Waals surface area (Å²) in [6.07, 6.45) is 0. The number of hydrogen-bond donors (Lipinski definition) is 3. The molecular weight excluding hydrogens is 274 g/mol. The number of anilines is 1. The summed E-state index contributed by atoms with van der Waals surface area (Å²) in [6, 6.07) is 13.5. The molecule has 0 aliphatic heterocycles. The van der Waals surface area contributed by atoms with Gasteiger partial charge < -0.3 is 15.4 Å². The summed E-state index contributed by atoms with van der Waals surface area (Å²) in [4.78, 5) is 7.80. The van der Waals surface area contributed by atoms with Gasteiger partial charge in [-0.2, -0.15) is 0 Å². The van der Waals surface area contributed by atoms with Gasteiger partial charge in [0, 0.05) is 22.8 Å². The van der Waals surface area contributed by atoms with Crippen LogP contribution in [0.25, 0.3) is 22.4 Å². The quantitative estimate of drug-likeness (QED) is 0.690. The molecule has 0 saturated heterocycles. The van der Waals surface area contributed by atoms with Crippen molar-refractivity contribution in [1.82, 2.24) is 9.97 Å². The lowest BCUT2D eigenvalue weighted by atomic mass is 10.2. The van der Waals surface area contributed by atoms with Crippen LogP contribution in [0.2, 0.25) is 5.02 Å². The first kappa shape index (κ1) is 13.0. The molecule has 5 heteroatoms. The van der Waals surface area contributed by atoms with E-state index in [9.17, 15) is 0 Å². The molecule has 4 nitrogen and oxygen atoms in total. The highest BCUT2D eigenvalue weighted by molar-refractivity contribution is 6.31. The fourth-order valence-corrected chi connectivity index (χ4v) is 2.24. The molecule has 0 aliphatic rings. The number of imidazole rings is 1. The molecule has 0 saturated carbocycles. The summed E-state index contributed by atoms with van der Waals surface area (Å²) >= 11 is 5.97. The summed E-state index contributed by atoms with van der Waals surface area (Å²) in [6.45, 7) is 0.661. The van der Waals surface area contributed by atoms with Crippen LogP contribution in [-0.2, 0) is 0 Å². The van der Waals surface area contributed by atoms with Gasteiger partial charge in [0.1, 0.15) is 5.82 Å². The lowest BCUT2D eigenvalue weighted by Crippen LogP contribution is -2.04. The van der Waals surface area contributed by atoms with E-state index in [0.717, 1.165) is 28.1 Å². The number of aliphatic hydroxyl groups is 1. The summed E-state index contributed by atoms with van der Waals surface area (Å²) < 4.78 is 0. The van der Waals surface area contributed by atoms with Crippen LogP contribution in [0.15, 0.2) is 42.5 Å². The topological polar surface area (TPSA) is 60.9 Å². The Labute approximate surface area is 121 Å². The Kier molecular flexibility index (Phi) is 3.58. The van der Waals surface area contributed by atoms with Gasteiger partial charge in [0.2, 0.25) is 0 Å². The van der Waals surface area contributed by atoms with Crippen LogP contribution in [-0.4, -0.2) is 28.2 Å². The van der Waals surface area contributed by atoms with Gasteiger partial charge >= 0.3 is 0 Å². The van der Waals surface area contributed by atoms with Crippen molar-refractivity contribution >= 4 is 28.3 Å². The number of hydrogen-bond acceptors (Lipinski definition) is 3. The Morgan fingerprint density at radius 3 is 2.70 bits per heavy atom. The monoisotopic (exact) mass is 287 g/mol. The minimum absolute atomic E-state index is 0.117. The molecule has 0 spiro atoms. The van der Waals surface area contributed by atoms with E-state index in [1.807, 2.05) is 42.5 Å². The van der Waals surface area contributed by atoms with Crippen molar-refractivity contribution in [3.63, 3.8) is 0 Å². The number of benzene rings is 2. The van der Waals surface area contributed by atoms with Crippen molar-refractivity contribution in [3.05, 3.63) is 47.5 Å². The van der Waals surface area contributed by atoms with Gasteiger partial charge in [0.15, 0.2) is 0 Å². The number of aliphatic hydroxyl groups excluding tert-OH is 1. The third-order valence-corrected chi connectivity index (χ3v) is 3.28. The summed E-state index contributed by atoms with van der Waals surface area (Å²) in [5.74, 6) is 0.816. The van der Waals surface area contributed by atoms with Crippen molar-refractivity contribution in [2.45, 2.75) is 0 Å². The number of aromatic nitrogens is 2. The van der Waals surface area contributed by atoms with E-state index in [0.29, 0.717) is 11.6 Å². The molecule has 0 radical (unpaired) electrons. The molecule has 0 unspecified atom stereocenters. The van der Waals surface area contributed by atoms with E-state index in [-0.39, 0.29) is 6.61 Å². The first-order valence-corrected chi connectivity index (χ1v) is 6.74. The fourth-order valence-electron chi connectivity index (χ4n) is 2.06. The average Bonchev–Trinajstić information content (AvgIpc) is 2.88. The zero-order chi connectivity index (χ0) is 13.9. The van der Waals surface area contributed by atoms with Crippen molar-refractivity contribution in [2.24, 2.45) is 0 Å². The fraction of sp³-hybridized carbons (Fsp3) is 0.133. The van der Waals surface area contributed by atoms with Crippen LogP contribution < -0.4 is 5.32 Å². The number of aromatic amines is 1. The molecular formula is C15H14ClN3O. The predicted molar refractivity (Wildman–Crippen MR) is 82.1 cm³/mol. The average molecular weight is 288 g/mol. The molecule has 3 aromatic rings. The van der Waals surface area contributed by atoms with Crippen LogP contribution in [0.1, 0.15) is 0 Å². The molecule has 2 aromatic carbocycles. The lowest BCUT2D eigenvalue weighted by Gasteiger charge is -2.04. The van der Waals surface area contributed by atoms with E-state index in [1.54, 1.807) is 0 Å². The second-order valence-electron chi connectivity index (χ2n) is 4.47. The third-order valence-electron chi connectivity index (χ3n) is 3.04. The Balaban J connectivity index is 1.90. The van der Waals surface area contributed by atoms with Gasteiger partial charge in [0.25, 0.3) is 0 Å².